The first kappa shape index (κ1) is 21.4. The molecule has 7 nitrogen and oxygen atoms in total. The Morgan fingerprint density at radius 3 is 2.70 bits per heavy atom. The van der Waals surface area contributed by atoms with Crippen molar-refractivity contribution in [3.8, 4) is 11.5 Å². The van der Waals surface area contributed by atoms with Crippen LogP contribution in [0.4, 0.5) is 4.79 Å². The number of pyridine rings is 1. The number of hydrogen-bond donors (Lipinski definition) is 2. The molecule has 3 aromatic rings. The highest BCUT2D eigenvalue weighted by atomic mass is 16.7. The molecule has 1 aliphatic heterocycles. The Morgan fingerprint density at radius 1 is 1.03 bits per heavy atom. The Morgan fingerprint density at radius 2 is 1.85 bits per heavy atom. The molecule has 2 N–H and O–H groups in total. The fraction of sp³-hybridized carbons (Fsp3) is 0.385. The Kier molecular flexibility index (Phi) is 5.94. The van der Waals surface area contributed by atoms with Gasteiger partial charge in [0, 0.05) is 23.7 Å². The van der Waals surface area contributed by atoms with Gasteiger partial charge in [-0.3, -0.25) is 4.79 Å². The van der Waals surface area contributed by atoms with Crippen molar-refractivity contribution >= 4 is 16.9 Å². The molecule has 2 amide bonds. The second-order valence-corrected chi connectivity index (χ2v) is 9.04. The van der Waals surface area contributed by atoms with Crippen LogP contribution in [0, 0.1) is 6.92 Å². The summed E-state index contributed by atoms with van der Waals surface area (Å²) < 4.78 is 10.9. The summed E-state index contributed by atoms with van der Waals surface area (Å²) in [7, 11) is 0. The van der Waals surface area contributed by atoms with Gasteiger partial charge in [0.1, 0.15) is 0 Å². The zero-order valence-corrected chi connectivity index (χ0v) is 18.9. The third kappa shape index (κ3) is 4.82. The predicted molar refractivity (Wildman–Crippen MR) is 127 cm³/mol. The fourth-order valence-corrected chi connectivity index (χ4v) is 4.67. The molecular formula is C26H29N3O4. The van der Waals surface area contributed by atoms with Gasteiger partial charge in [0.25, 0.3) is 5.56 Å². The highest BCUT2D eigenvalue weighted by Gasteiger charge is 2.22. The lowest BCUT2D eigenvalue weighted by Crippen LogP contribution is -2.45. The maximum absolute atomic E-state index is 13.3. The number of amides is 2. The van der Waals surface area contributed by atoms with Crippen molar-refractivity contribution in [2.75, 3.05) is 6.79 Å². The summed E-state index contributed by atoms with van der Waals surface area (Å²) >= 11 is 0. The molecule has 2 heterocycles. The van der Waals surface area contributed by atoms with Crippen molar-refractivity contribution < 1.29 is 14.3 Å². The van der Waals surface area contributed by atoms with Crippen LogP contribution in [0.5, 0.6) is 11.5 Å². The van der Waals surface area contributed by atoms with Crippen molar-refractivity contribution in [3.63, 3.8) is 0 Å². The van der Waals surface area contributed by atoms with E-state index >= 15 is 0 Å². The van der Waals surface area contributed by atoms with Gasteiger partial charge >= 0.3 is 6.03 Å². The SMILES string of the molecule is Cc1ccc2[nH]c(=O)c(CN(Cc3ccc4c(c3)OCO4)C(=O)NC3CCCCC3)cc2c1. The minimum atomic E-state index is -0.174. The van der Waals surface area contributed by atoms with Gasteiger partial charge in [0.15, 0.2) is 11.5 Å². The van der Waals surface area contributed by atoms with E-state index in [2.05, 4.69) is 10.3 Å². The van der Waals surface area contributed by atoms with Crippen LogP contribution in [0.3, 0.4) is 0 Å². The van der Waals surface area contributed by atoms with Crippen LogP contribution in [0.15, 0.2) is 47.3 Å². The summed E-state index contributed by atoms with van der Waals surface area (Å²) in [6, 6.07) is 13.5. The fourth-order valence-electron chi connectivity index (χ4n) is 4.67. The summed E-state index contributed by atoms with van der Waals surface area (Å²) in [6.07, 6.45) is 5.49. The normalized spacial score (nSPS) is 15.5. The largest absolute Gasteiger partial charge is 0.454 e. The first-order chi connectivity index (χ1) is 16.0. The van der Waals surface area contributed by atoms with Gasteiger partial charge in [0.05, 0.1) is 6.54 Å². The standard InChI is InChI=1S/C26H29N3O4/c1-17-7-9-22-19(11-17)13-20(25(30)28-22)15-29(26(31)27-21-5-3-2-4-6-21)14-18-8-10-23-24(12-18)33-16-32-23/h7-13,21H,2-6,14-16H2,1H3,(H,27,31)(H,28,30). The molecule has 0 bridgehead atoms. The number of urea groups is 1. The summed E-state index contributed by atoms with van der Waals surface area (Å²) in [6.45, 7) is 2.80. The second-order valence-electron chi connectivity index (χ2n) is 9.04. The van der Waals surface area contributed by atoms with E-state index in [0.717, 1.165) is 47.7 Å². The van der Waals surface area contributed by atoms with Crippen molar-refractivity contribution in [3.05, 3.63) is 69.5 Å². The lowest BCUT2D eigenvalue weighted by molar-refractivity contribution is 0.173. The van der Waals surface area contributed by atoms with Crippen molar-refractivity contribution in [1.29, 1.82) is 0 Å². The number of carbonyl (C=O) groups is 1. The third-order valence-corrected chi connectivity index (χ3v) is 6.47. The Bertz CT molecular complexity index is 1230. The van der Waals surface area contributed by atoms with Crippen LogP contribution in [0.2, 0.25) is 0 Å². The maximum atomic E-state index is 13.3. The molecule has 1 saturated carbocycles. The molecule has 7 heteroatoms. The zero-order valence-electron chi connectivity index (χ0n) is 18.9. The van der Waals surface area contributed by atoms with E-state index < -0.39 is 0 Å². The van der Waals surface area contributed by atoms with E-state index in [1.807, 2.05) is 49.4 Å². The van der Waals surface area contributed by atoms with Crippen molar-refractivity contribution in [2.24, 2.45) is 0 Å². The second kappa shape index (κ2) is 9.17. The van der Waals surface area contributed by atoms with E-state index in [-0.39, 0.29) is 31.0 Å². The topological polar surface area (TPSA) is 83.7 Å². The van der Waals surface area contributed by atoms with Gasteiger partial charge in [-0.2, -0.15) is 0 Å². The summed E-state index contributed by atoms with van der Waals surface area (Å²) in [5.74, 6) is 1.39. The first-order valence-electron chi connectivity index (χ1n) is 11.6. The summed E-state index contributed by atoms with van der Waals surface area (Å²) in [4.78, 5) is 30.8. The minimum Gasteiger partial charge on any atom is -0.454 e. The van der Waals surface area contributed by atoms with E-state index in [1.54, 1.807) is 4.90 Å². The van der Waals surface area contributed by atoms with Gasteiger partial charge in [0.2, 0.25) is 6.79 Å². The first-order valence-corrected chi connectivity index (χ1v) is 11.6. The highest BCUT2D eigenvalue weighted by Crippen LogP contribution is 2.33. The molecule has 0 saturated heterocycles. The van der Waals surface area contributed by atoms with Gasteiger partial charge in [-0.15, -0.1) is 0 Å². The van der Waals surface area contributed by atoms with Crippen LogP contribution < -0.4 is 20.3 Å². The summed E-state index contributed by atoms with van der Waals surface area (Å²) in [5.41, 5.74) is 3.22. The predicted octanol–water partition coefficient (Wildman–Crippen LogP) is 4.61. The number of benzene rings is 2. The molecule has 2 aliphatic rings. The highest BCUT2D eigenvalue weighted by molar-refractivity contribution is 5.80. The molecule has 0 spiro atoms. The van der Waals surface area contributed by atoms with E-state index in [4.69, 9.17) is 9.47 Å². The lowest BCUT2D eigenvalue weighted by atomic mass is 9.96. The zero-order chi connectivity index (χ0) is 22.8. The molecule has 5 rings (SSSR count). The third-order valence-electron chi connectivity index (χ3n) is 6.47. The number of hydrogen-bond acceptors (Lipinski definition) is 4. The maximum Gasteiger partial charge on any atom is 0.318 e. The van der Waals surface area contributed by atoms with Crippen LogP contribution >= 0.6 is 0 Å². The summed E-state index contributed by atoms with van der Waals surface area (Å²) in [5, 5.41) is 4.15. The van der Waals surface area contributed by atoms with E-state index in [0.29, 0.717) is 23.6 Å². The number of nitrogens with one attached hydrogen (secondary N) is 2. The van der Waals surface area contributed by atoms with E-state index in [9.17, 15) is 9.59 Å². The molecular weight excluding hydrogens is 418 g/mol. The number of aromatic nitrogens is 1. The van der Waals surface area contributed by atoms with Gasteiger partial charge in [-0.1, -0.05) is 37.0 Å². The van der Waals surface area contributed by atoms with E-state index in [1.165, 1.54) is 6.42 Å². The van der Waals surface area contributed by atoms with Gasteiger partial charge in [-0.25, -0.2) is 4.79 Å². The molecule has 1 fully saturated rings. The number of rotatable bonds is 5. The Labute approximate surface area is 192 Å². The number of aromatic amines is 1. The number of carbonyl (C=O) groups excluding carboxylic acids is 1. The molecule has 0 radical (unpaired) electrons. The smallest absolute Gasteiger partial charge is 0.318 e. The molecule has 1 aliphatic carbocycles. The van der Waals surface area contributed by atoms with Crippen LogP contribution in [-0.2, 0) is 13.1 Å². The van der Waals surface area contributed by atoms with Gasteiger partial charge < -0.3 is 24.7 Å². The Balaban J connectivity index is 1.42. The average molecular weight is 448 g/mol. The number of ether oxygens (including phenoxy) is 2. The molecule has 0 atom stereocenters. The van der Waals surface area contributed by atoms with Gasteiger partial charge in [-0.05, 0) is 61.0 Å². The van der Waals surface area contributed by atoms with Crippen molar-refractivity contribution in [1.82, 2.24) is 15.2 Å². The minimum absolute atomic E-state index is 0.150. The molecule has 1 aromatic heterocycles. The molecule has 2 aromatic carbocycles. The number of fused-ring (bicyclic) bond motifs is 2. The van der Waals surface area contributed by atoms with Crippen LogP contribution in [0.1, 0.15) is 48.8 Å². The van der Waals surface area contributed by atoms with Crippen LogP contribution in [0.25, 0.3) is 10.9 Å². The Hall–Kier alpha value is -3.48. The molecule has 0 unspecified atom stereocenters. The molecule has 33 heavy (non-hydrogen) atoms. The monoisotopic (exact) mass is 447 g/mol. The van der Waals surface area contributed by atoms with Crippen molar-refractivity contribution in [2.45, 2.75) is 58.2 Å². The lowest BCUT2D eigenvalue weighted by Gasteiger charge is -2.28. The number of nitrogens with zero attached hydrogens (tertiary/aromatic N) is 1. The number of aryl methyl sites for hydroxylation is 1. The number of H-pyrrole nitrogens is 1. The van der Waals surface area contributed by atoms with Crippen LogP contribution in [-0.4, -0.2) is 28.7 Å². The molecule has 172 valence electrons. The average Bonchev–Trinajstić information content (AvgIpc) is 3.28. The quantitative estimate of drug-likeness (QED) is 0.598.